The van der Waals surface area contributed by atoms with E-state index in [4.69, 9.17) is 15.2 Å². The van der Waals surface area contributed by atoms with Gasteiger partial charge in [0.05, 0.1) is 0 Å². The van der Waals surface area contributed by atoms with E-state index in [2.05, 4.69) is 9.40 Å². The van der Waals surface area contributed by atoms with Gasteiger partial charge in [0.2, 0.25) is 0 Å². The van der Waals surface area contributed by atoms with E-state index in [1.165, 1.54) is 0 Å². The average molecular weight is 256 g/mol. The van der Waals surface area contributed by atoms with Crippen molar-refractivity contribution in [3.05, 3.63) is 18.4 Å². The molecule has 0 aromatic carbocycles. The molecule has 0 aliphatic carbocycles. The molecule has 1 aromatic rings. The summed E-state index contributed by atoms with van der Waals surface area (Å²) in [4.78, 5) is 26.5. The summed E-state index contributed by atoms with van der Waals surface area (Å²) in [7, 11) is 0. The van der Waals surface area contributed by atoms with Crippen LogP contribution in [0, 0.1) is 0 Å². The molecule has 1 atom stereocenters. The van der Waals surface area contributed by atoms with Gasteiger partial charge in [-0.05, 0) is 20.8 Å². The van der Waals surface area contributed by atoms with Crippen LogP contribution in [0.1, 0.15) is 31.3 Å². The summed E-state index contributed by atoms with van der Waals surface area (Å²) in [5.74, 6) is -1.33. The monoisotopic (exact) mass is 256 g/mol. The first-order valence-electron chi connectivity index (χ1n) is 5.33. The van der Waals surface area contributed by atoms with Crippen molar-refractivity contribution in [2.75, 3.05) is 6.61 Å². The first kappa shape index (κ1) is 14.2. The second-order valence-corrected chi connectivity index (χ2v) is 4.61. The number of carbonyl (C=O) groups is 2. The topological polar surface area (TPSA) is 105 Å². The quantitative estimate of drug-likeness (QED) is 0.782. The molecule has 0 saturated carbocycles. The fourth-order valence-electron chi connectivity index (χ4n) is 0.998. The molecule has 1 heterocycles. The summed E-state index contributed by atoms with van der Waals surface area (Å²) in [6.45, 7) is 4.89. The smallest absolute Gasteiger partial charge is 0.360 e. The van der Waals surface area contributed by atoms with Crippen molar-refractivity contribution in [3.8, 4) is 0 Å². The van der Waals surface area contributed by atoms with Crippen molar-refractivity contribution in [1.29, 1.82) is 0 Å². The van der Waals surface area contributed by atoms with E-state index >= 15 is 0 Å². The van der Waals surface area contributed by atoms with E-state index in [9.17, 15) is 9.59 Å². The van der Waals surface area contributed by atoms with Crippen LogP contribution < -0.4 is 5.73 Å². The molecule has 0 saturated heterocycles. The number of carbonyl (C=O) groups excluding carboxylic acids is 2. The Hall–Kier alpha value is -1.89. The zero-order valence-electron chi connectivity index (χ0n) is 10.5. The Bertz CT molecular complexity index is 408. The molecule has 1 unspecified atom stereocenters. The van der Waals surface area contributed by atoms with Crippen molar-refractivity contribution in [3.63, 3.8) is 0 Å². The van der Waals surface area contributed by atoms with Gasteiger partial charge < -0.3 is 19.6 Å². The number of esters is 2. The zero-order chi connectivity index (χ0) is 13.8. The number of hydrogen-bond donors (Lipinski definition) is 1. The van der Waals surface area contributed by atoms with Crippen molar-refractivity contribution in [1.82, 2.24) is 4.98 Å². The Balaban J connectivity index is 2.39. The SMILES string of the molecule is CC(C)(C)OC(=O)C(N)COC(=O)c1cocn1. The predicted octanol–water partition coefficient (Wildman–Crippen LogP) is 0.500. The van der Waals surface area contributed by atoms with Crippen LogP contribution in [0.5, 0.6) is 0 Å². The predicted molar refractivity (Wildman–Crippen MR) is 60.6 cm³/mol. The van der Waals surface area contributed by atoms with Crippen LogP contribution in [-0.2, 0) is 14.3 Å². The molecule has 100 valence electrons. The van der Waals surface area contributed by atoms with E-state index in [1.807, 2.05) is 0 Å². The average Bonchev–Trinajstić information content (AvgIpc) is 2.76. The normalized spacial score (nSPS) is 12.9. The van der Waals surface area contributed by atoms with Crippen molar-refractivity contribution < 1.29 is 23.5 Å². The standard InChI is InChI=1S/C11H16N2O5/c1-11(2,3)18-9(14)7(12)4-17-10(15)8-5-16-6-13-8/h5-7H,4,12H2,1-3H3. The van der Waals surface area contributed by atoms with Crippen molar-refractivity contribution in [2.24, 2.45) is 5.73 Å². The molecule has 7 heteroatoms. The highest BCUT2D eigenvalue weighted by Gasteiger charge is 2.23. The summed E-state index contributed by atoms with van der Waals surface area (Å²) < 4.78 is 14.5. The van der Waals surface area contributed by atoms with Gasteiger partial charge in [-0.3, -0.25) is 4.79 Å². The number of ether oxygens (including phenoxy) is 2. The van der Waals surface area contributed by atoms with Crippen LogP contribution in [0.15, 0.2) is 17.1 Å². The maximum absolute atomic E-state index is 11.5. The van der Waals surface area contributed by atoms with Crippen LogP contribution in [-0.4, -0.2) is 35.2 Å². The molecule has 0 aliphatic rings. The van der Waals surface area contributed by atoms with E-state index in [0.29, 0.717) is 0 Å². The summed E-state index contributed by atoms with van der Waals surface area (Å²) in [5.41, 5.74) is 4.92. The van der Waals surface area contributed by atoms with Gasteiger partial charge in [-0.2, -0.15) is 0 Å². The van der Waals surface area contributed by atoms with Gasteiger partial charge in [0, 0.05) is 0 Å². The number of hydrogen-bond acceptors (Lipinski definition) is 7. The fraction of sp³-hybridized carbons (Fsp3) is 0.545. The number of aromatic nitrogens is 1. The fourth-order valence-corrected chi connectivity index (χ4v) is 0.998. The number of nitrogens with two attached hydrogens (primary N) is 1. The summed E-state index contributed by atoms with van der Waals surface area (Å²) in [6.07, 6.45) is 2.24. The van der Waals surface area contributed by atoms with Crippen molar-refractivity contribution >= 4 is 11.9 Å². The van der Waals surface area contributed by atoms with Gasteiger partial charge in [0.25, 0.3) is 0 Å². The summed E-state index contributed by atoms with van der Waals surface area (Å²) >= 11 is 0. The van der Waals surface area contributed by atoms with Crippen LogP contribution in [0.2, 0.25) is 0 Å². The lowest BCUT2D eigenvalue weighted by molar-refractivity contribution is -0.157. The lowest BCUT2D eigenvalue weighted by Gasteiger charge is -2.21. The molecule has 0 bridgehead atoms. The minimum absolute atomic E-state index is 0.0198. The minimum atomic E-state index is -1.03. The number of oxazole rings is 1. The maximum Gasteiger partial charge on any atom is 0.360 e. The van der Waals surface area contributed by atoms with Crippen LogP contribution in [0.3, 0.4) is 0 Å². The summed E-state index contributed by atoms with van der Waals surface area (Å²) in [6, 6.07) is -1.03. The third-order valence-corrected chi connectivity index (χ3v) is 1.74. The van der Waals surface area contributed by atoms with Crippen LogP contribution in [0.4, 0.5) is 0 Å². The Morgan fingerprint density at radius 2 is 2.17 bits per heavy atom. The Labute approximate surface area is 104 Å². The van der Waals surface area contributed by atoms with Gasteiger partial charge in [-0.15, -0.1) is 0 Å². The molecular formula is C11H16N2O5. The van der Waals surface area contributed by atoms with E-state index in [-0.39, 0.29) is 12.3 Å². The Kier molecular flexibility index (Phi) is 4.43. The Morgan fingerprint density at radius 1 is 1.50 bits per heavy atom. The highest BCUT2D eigenvalue weighted by atomic mass is 16.6. The third-order valence-electron chi connectivity index (χ3n) is 1.74. The van der Waals surface area contributed by atoms with Gasteiger partial charge in [0.1, 0.15) is 24.5 Å². The lowest BCUT2D eigenvalue weighted by Crippen LogP contribution is -2.41. The first-order chi connectivity index (χ1) is 8.29. The molecular weight excluding hydrogens is 240 g/mol. The molecule has 0 amide bonds. The molecule has 0 aliphatic heterocycles. The van der Waals surface area contributed by atoms with Gasteiger partial charge >= 0.3 is 11.9 Å². The van der Waals surface area contributed by atoms with Crippen molar-refractivity contribution in [2.45, 2.75) is 32.4 Å². The largest absolute Gasteiger partial charge is 0.459 e. The lowest BCUT2D eigenvalue weighted by atomic mass is 10.2. The van der Waals surface area contributed by atoms with E-state index < -0.39 is 23.6 Å². The highest BCUT2D eigenvalue weighted by Crippen LogP contribution is 2.08. The van der Waals surface area contributed by atoms with Crippen LogP contribution in [0.25, 0.3) is 0 Å². The molecule has 1 rings (SSSR count). The highest BCUT2D eigenvalue weighted by molar-refractivity contribution is 5.87. The second-order valence-electron chi connectivity index (χ2n) is 4.61. The van der Waals surface area contributed by atoms with E-state index in [0.717, 1.165) is 12.7 Å². The molecule has 0 radical (unpaired) electrons. The molecule has 0 fully saturated rings. The molecule has 7 nitrogen and oxygen atoms in total. The zero-order valence-corrected chi connectivity index (χ0v) is 10.5. The molecule has 18 heavy (non-hydrogen) atoms. The van der Waals surface area contributed by atoms with Gasteiger partial charge in [-0.1, -0.05) is 0 Å². The molecule has 0 spiro atoms. The first-order valence-corrected chi connectivity index (χ1v) is 5.33. The van der Waals surface area contributed by atoms with Gasteiger partial charge in [-0.25, -0.2) is 9.78 Å². The number of nitrogens with zero attached hydrogens (tertiary/aromatic N) is 1. The molecule has 1 aromatic heterocycles. The maximum atomic E-state index is 11.5. The van der Waals surface area contributed by atoms with Crippen LogP contribution >= 0.6 is 0 Å². The van der Waals surface area contributed by atoms with Gasteiger partial charge in [0.15, 0.2) is 12.1 Å². The number of rotatable bonds is 4. The summed E-state index contributed by atoms with van der Waals surface area (Å²) in [5, 5.41) is 0. The Morgan fingerprint density at radius 3 is 2.67 bits per heavy atom. The minimum Gasteiger partial charge on any atom is -0.459 e. The second kappa shape index (κ2) is 5.63. The van der Waals surface area contributed by atoms with E-state index in [1.54, 1.807) is 20.8 Å². The third kappa shape index (κ3) is 4.54. The molecule has 2 N–H and O–H groups in total.